The molecule has 0 rings (SSSR count). The molecule has 0 saturated carbocycles. The summed E-state index contributed by atoms with van der Waals surface area (Å²) in [6, 6.07) is 0. The van der Waals surface area contributed by atoms with Gasteiger partial charge in [0.25, 0.3) is 0 Å². The Hall–Kier alpha value is -1.17. The van der Waals surface area contributed by atoms with Gasteiger partial charge in [0.1, 0.15) is 0 Å². The summed E-state index contributed by atoms with van der Waals surface area (Å²) in [5.74, 6) is -2.17. The monoisotopic (exact) mass is 224 g/mol. The third kappa shape index (κ3) is 6.36. The van der Waals surface area contributed by atoms with Crippen LogP contribution in [-0.4, -0.2) is 28.3 Å². The van der Waals surface area contributed by atoms with Crippen molar-refractivity contribution in [2.24, 2.45) is 0 Å². The maximum Gasteiger partial charge on any atom is 0.527 e. The highest BCUT2D eigenvalue weighted by molar-refractivity contribution is 7.46. The van der Waals surface area contributed by atoms with E-state index in [9.17, 15) is 14.2 Å². The normalized spacial score (nSPS) is 10.5. The number of ether oxygens (including phenoxy) is 1. The Morgan fingerprint density at radius 1 is 1.43 bits per heavy atom. The SMILES string of the molecule is C=C(C)C(=O)OCC(=O)OP(=O)(O)O. The summed E-state index contributed by atoms with van der Waals surface area (Å²) in [7, 11) is -4.87. The molecule has 0 fully saturated rings. The van der Waals surface area contributed by atoms with E-state index in [-0.39, 0.29) is 5.57 Å². The first-order valence-electron chi connectivity index (χ1n) is 3.33. The van der Waals surface area contributed by atoms with E-state index < -0.39 is 26.4 Å². The molecule has 0 unspecified atom stereocenters. The highest BCUT2D eigenvalue weighted by Crippen LogP contribution is 2.35. The van der Waals surface area contributed by atoms with Crippen LogP contribution >= 0.6 is 7.82 Å². The zero-order chi connectivity index (χ0) is 11.4. The second-order valence-corrected chi connectivity index (χ2v) is 3.47. The van der Waals surface area contributed by atoms with Crippen molar-refractivity contribution in [2.75, 3.05) is 6.61 Å². The van der Waals surface area contributed by atoms with Crippen molar-refractivity contribution in [3.05, 3.63) is 12.2 Å². The minimum Gasteiger partial charge on any atom is -0.450 e. The van der Waals surface area contributed by atoms with Gasteiger partial charge in [-0.05, 0) is 6.92 Å². The molecule has 0 atom stereocenters. The predicted molar refractivity (Wildman–Crippen MR) is 43.9 cm³/mol. The molecule has 80 valence electrons. The Morgan fingerprint density at radius 2 is 1.93 bits per heavy atom. The van der Waals surface area contributed by atoms with E-state index in [0.717, 1.165) is 0 Å². The second kappa shape index (κ2) is 4.90. The van der Waals surface area contributed by atoms with Crippen LogP contribution in [0.15, 0.2) is 12.2 Å². The van der Waals surface area contributed by atoms with Gasteiger partial charge in [-0.3, -0.25) is 9.79 Å². The van der Waals surface area contributed by atoms with Gasteiger partial charge in [-0.15, -0.1) is 0 Å². The second-order valence-electron chi connectivity index (χ2n) is 2.31. The lowest BCUT2D eigenvalue weighted by molar-refractivity contribution is -0.151. The molecule has 0 amide bonds. The van der Waals surface area contributed by atoms with Crippen LogP contribution in [0.4, 0.5) is 0 Å². The summed E-state index contributed by atoms with van der Waals surface area (Å²) in [5, 5.41) is 0. The fraction of sp³-hybridized carbons (Fsp3) is 0.333. The van der Waals surface area contributed by atoms with Crippen molar-refractivity contribution in [1.29, 1.82) is 0 Å². The van der Waals surface area contributed by atoms with Gasteiger partial charge < -0.3 is 9.26 Å². The van der Waals surface area contributed by atoms with E-state index >= 15 is 0 Å². The molecular weight excluding hydrogens is 215 g/mol. The highest BCUT2D eigenvalue weighted by atomic mass is 31.2. The summed E-state index contributed by atoms with van der Waals surface area (Å²) in [6.45, 7) is 3.72. The maximum atomic E-state index is 10.7. The first-order valence-corrected chi connectivity index (χ1v) is 4.86. The minimum atomic E-state index is -4.87. The third-order valence-electron chi connectivity index (χ3n) is 0.890. The van der Waals surface area contributed by atoms with Gasteiger partial charge in [-0.2, -0.15) is 0 Å². The number of carbonyl (C=O) groups excluding carboxylic acids is 2. The zero-order valence-corrected chi connectivity index (χ0v) is 8.19. The zero-order valence-electron chi connectivity index (χ0n) is 7.30. The summed E-state index contributed by atoms with van der Waals surface area (Å²) in [4.78, 5) is 37.6. The lowest BCUT2D eigenvalue weighted by Crippen LogP contribution is -2.15. The van der Waals surface area contributed by atoms with Gasteiger partial charge in [0.15, 0.2) is 6.61 Å². The highest BCUT2D eigenvalue weighted by Gasteiger charge is 2.21. The molecule has 0 spiro atoms. The smallest absolute Gasteiger partial charge is 0.450 e. The van der Waals surface area contributed by atoms with E-state index in [0.29, 0.717) is 0 Å². The molecule has 2 N–H and O–H groups in total. The van der Waals surface area contributed by atoms with Crippen LogP contribution in [0.1, 0.15) is 6.92 Å². The van der Waals surface area contributed by atoms with Crippen LogP contribution in [0, 0.1) is 0 Å². The first kappa shape index (κ1) is 12.8. The summed E-state index contributed by atoms with van der Waals surface area (Å²) >= 11 is 0. The lowest BCUT2D eigenvalue weighted by atomic mass is 10.4. The maximum absolute atomic E-state index is 10.7. The molecule has 0 aromatic heterocycles. The van der Waals surface area contributed by atoms with E-state index in [2.05, 4.69) is 15.8 Å². The molecule has 0 saturated heterocycles. The number of phosphoric ester groups is 1. The van der Waals surface area contributed by atoms with Gasteiger partial charge in [0.05, 0.1) is 0 Å². The largest absolute Gasteiger partial charge is 0.527 e. The Balaban J connectivity index is 3.93. The van der Waals surface area contributed by atoms with Crippen molar-refractivity contribution in [2.45, 2.75) is 6.92 Å². The number of rotatable bonds is 4. The molecule has 8 heteroatoms. The minimum absolute atomic E-state index is 0.0639. The van der Waals surface area contributed by atoms with Gasteiger partial charge >= 0.3 is 19.8 Å². The lowest BCUT2D eigenvalue weighted by Gasteiger charge is -2.05. The molecule has 0 aliphatic heterocycles. The summed E-state index contributed by atoms with van der Waals surface area (Å²) in [5.41, 5.74) is 0.0639. The van der Waals surface area contributed by atoms with E-state index in [1.807, 2.05) is 0 Å². The van der Waals surface area contributed by atoms with Gasteiger partial charge in [0.2, 0.25) is 0 Å². The molecule has 0 bridgehead atoms. The number of carbonyl (C=O) groups is 2. The molecule has 7 nitrogen and oxygen atoms in total. The van der Waals surface area contributed by atoms with Crippen molar-refractivity contribution >= 4 is 19.8 Å². The number of phosphoric acid groups is 1. The number of hydrogen-bond donors (Lipinski definition) is 2. The van der Waals surface area contributed by atoms with E-state index in [1.54, 1.807) is 0 Å². The fourth-order valence-electron chi connectivity index (χ4n) is 0.407. The first-order chi connectivity index (χ1) is 6.22. The van der Waals surface area contributed by atoms with Crippen molar-refractivity contribution in [1.82, 2.24) is 0 Å². The standard InChI is InChI=1S/C6H9O7P/c1-4(2)6(8)12-3-5(7)13-14(9,10)11/h1,3H2,2H3,(H2,9,10,11). The Kier molecular flexibility index (Phi) is 4.49. The third-order valence-corrected chi connectivity index (χ3v) is 1.33. The van der Waals surface area contributed by atoms with Crippen molar-refractivity contribution < 1.29 is 33.2 Å². The average Bonchev–Trinajstić information content (AvgIpc) is 1.96. The molecule has 0 aliphatic carbocycles. The summed E-state index contributed by atoms with van der Waals surface area (Å²) < 4.78 is 18.0. The average molecular weight is 224 g/mol. The van der Waals surface area contributed by atoms with Crippen molar-refractivity contribution in [3.8, 4) is 0 Å². The topological polar surface area (TPSA) is 110 Å². The van der Waals surface area contributed by atoms with Crippen LogP contribution in [0.5, 0.6) is 0 Å². The van der Waals surface area contributed by atoms with E-state index in [1.165, 1.54) is 6.92 Å². The number of esters is 1. The van der Waals surface area contributed by atoms with Crippen LogP contribution < -0.4 is 0 Å². The molecule has 0 aromatic rings. The molecule has 0 aromatic carbocycles. The number of hydrogen-bond acceptors (Lipinski definition) is 5. The molecule has 0 radical (unpaired) electrons. The Bertz CT molecular complexity index is 301. The molecule has 0 aliphatic rings. The van der Waals surface area contributed by atoms with E-state index in [4.69, 9.17) is 9.79 Å². The van der Waals surface area contributed by atoms with Gasteiger partial charge in [0, 0.05) is 5.57 Å². The van der Waals surface area contributed by atoms with Gasteiger partial charge in [-0.25, -0.2) is 14.2 Å². The van der Waals surface area contributed by atoms with Crippen LogP contribution in [0.25, 0.3) is 0 Å². The molecular formula is C6H9O7P. The molecule has 0 heterocycles. The van der Waals surface area contributed by atoms with Gasteiger partial charge in [-0.1, -0.05) is 6.58 Å². The predicted octanol–water partition coefficient (Wildman–Crippen LogP) is -0.258. The molecule has 14 heavy (non-hydrogen) atoms. The Morgan fingerprint density at radius 3 is 2.29 bits per heavy atom. The summed E-state index contributed by atoms with van der Waals surface area (Å²) in [6.07, 6.45) is 0. The quantitative estimate of drug-likeness (QED) is 0.384. The van der Waals surface area contributed by atoms with Crippen LogP contribution in [0.2, 0.25) is 0 Å². The van der Waals surface area contributed by atoms with Crippen LogP contribution in [0.3, 0.4) is 0 Å². The van der Waals surface area contributed by atoms with Crippen molar-refractivity contribution in [3.63, 3.8) is 0 Å². The fourth-order valence-corrected chi connectivity index (χ4v) is 0.725. The Labute approximate surface area is 79.6 Å². The van der Waals surface area contributed by atoms with Crippen LogP contribution in [-0.2, 0) is 23.4 Å².